The Labute approximate surface area is 147 Å². The van der Waals surface area contributed by atoms with Crippen LogP contribution in [0.15, 0.2) is 55.0 Å². The fourth-order valence-corrected chi connectivity index (χ4v) is 5.42. The van der Waals surface area contributed by atoms with Crippen LogP contribution < -0.4 is 0 Å². The van der Waals surface area contributed by atoms with Crippen LogP contribution in [0.25, 0.3) is 15.3 Å². The number of nitrogens with zero attached hydrogens (tertiary/aromatic N) is 2. The Kier molecular flexibility index (Phi) is 3.33. The van der Waals surface area contributed by atoms with Gasteiger partial charge in [-0.25, -0.2) is 4.98 Å². The second-order valence-corrected chi connectivity index (χ2v) is 8.38. The lowest BCUT2D eigenvalue weighted by molar-refractivity contribution is 0.217. The molecule has 3 aromatic heterocycles. The zero-order valence-electron chi connectivity index (χ0n) is 12.9. The van der Waals surface area contributed by atoms with Crippen molar-refractivity contribution in [3.05, 3.63) is 70.4 Å². The van der Waals surface area contributed by atoms with E-state index in [-0.39, 0.29) is 0 Å². The van der Waals surface area contributed by atoms with Gasteiger partial charge in [0.05, 0.1) is 11.9 Å². The molecule has 1 atom stereocenters. The van der Waals surface area contributed by atoms with Crippen LogP contribution in [0, 0.1) is 0 Å². The molecule has 5 heteroatoms. The van der Waals surface area contributed by atoms with Crippen molar-refractivity contribution in [3.63, 3.8) is 0 Å². The molecule has 1 aromatic carbocycles. The van der Waals surface area contributed by atoms with Crippen molar-refractivity contribution in [1.29, 1.82) is 0 Å². The Bertz CT molecular complexity index is 995. The van der Waals surface area contributed by atoms with Crippen LogP contribution in [-0.2, 0) is 0 Å². The Hall–Kier alpha value is -1.95. The Balaban J connectivity index is 1.57. The first-order chi connectivity index (χ1) is 11.8. The van der Waals surface area contributed by atoms with Crippen LogP contribution in [0.5, 0.6) is 0 Å². The van der Waals surface area contributed by atoms with E-state index < -0.39 is 6.10 Å². The molecule has 4 aromatic rings. The van der Waals surface area contributed by atoms with Crippen LogP contribution in [0.2, 0.25) is 0 Å². The Morgan fingerprint density at radius 2 is 1.92 bits per heavy atom. The summed E-state index contributed by atoms with van der Waals surface area (Å²) in [6.45, 7) is 0. The number of aromatic nitrogens is 2. The first-order valence-corrected chi connectivity index (χ1v) is 9.72. The predicted molar refractivity (Wildman–Crippen MR) is 98.9 cm³/mol. The highest BCUT2D eigenvalue weighted by Crippen LogP contribution is 2.48. The molecule has 1 unspecified atom stereocenters. The fourth-order valence-electron chi connectivity index (χ4n) is 3.12. The maximum Gasteiger partial charge on any atom is 0.130 e. The molecule has 0 bridgehead atoms. The van der Waals surface area contributed by atoms with Crippen LogP contribution in [0.4, 0.5) is 0 Å². The number of imidazole rings is 1. The lowest BCUT2D eigenvalue weighted by Gasteiger charge is -2.10. The van der Waals surface area contributed by atoms with E-state index in [4.69, 9.17) is 0 Å². The van der Waals surface area contributed by atoms with Crippen molar-refractivity contribution in [3.8, 4) is 10.4 Å². The monoisotopic (exact) mass is 352 g/mol. The molecule has 3 nitrogen and oxygen atoms in total. The Morgan fingerprint density at radius 3 is 2.71 bits per heavy atom. The third-order valence-electron chi connectivity index (χ3n) is 4.49. The smallest absolute Gasteiger partial charge is 0.130 e. The lowest BCUT2D eigenvalue weighted by atomic mass is 10.1. The number of hydrogen-bond donors (Lipinski definition) is 1. The van der Waals surface area contributed by atoms with Gasteiger partial charge in [-0.1, -0.05) is 30.3 Å². The molecule has 1 aliphatic carbocycles. The van der Waals surface area contributed by atoms with Gasteiger partial charge in [0.25, 0.3) is 0 Å². The van der Waals surface area contributed by atoms with Crippen molar-refractivity contribution < 1.29 is 5.11 Å². The van der Waals surface area contributed by atoms with Gasteiger partial charge in [-0.3, -0.25) is 4.40 Å². The second-order valence-electron chi connectivity index (χ2n) is 6.20. The standard InChI is InChI=1S/C19H16N2OS2/c22-18(15-9-8-14(23-15)12-4-2-1-3-5-12)17-19(13-6-7-13)24-16-10-20-11-21(16)17/h1-5,8-11,13,18,22H,6-7H2. The van der Waals surface area contributed by atoms with Crippen LogP contribution >= 0.6 is 22.7 Å². The zero-order valence-corrected chi connectivity index (χ0v) is 14.6. The predicted octanol–water partition coefficient (Wildman–Crippen LogP) is 5.08. The molecule has 0 amide bonds. The summed E-state index contributed by atoms with van der Waals surface area (Å²) in [7, 11) is 0. The maximum atomic E-state index is 11.1. The van der Waals surface area contributed by atoms with Gasteiger partial charge in [-0.2, -0.15) is 0 Å². The number of thiophene rings is 1. The molecule has 3 heterocycles. The number of aliphatic hydroxyl groups is 1. The van der Waals surface area contributed by atoms with Gasteiger partial charge in [0, 0.05) is 14.6 Å². The van der Waals surface area contributed by atoms with E-state index >= 15 is 0 Å². The minimum atomic E-state index is -0.592. The quantitative estimate of drug-likeness (QED) is 0.556. The third kappa shape index (κ3) is 2.32. The summed E-state index contributed by atoms with van der Waals surface area (Å²) in [6, 6.07) is 14.5. The molecule has 24 heavy (non-hydrogen) atoms. The number of aliphatic hydroxyl groups excluding tert-OH is 1. The summed E-state index contributed by atoms with van der Waals surface area (Å²) in [6.07, 6.45) is 5.58. The van der Waals surface area contributed by atoms with Gasteiger partial charge in [0.1, 0.15) is 17.3 Å². The van der Waals surface area contributed by atoms with Crippen molar-refractivity contribution >= 4 is 27.5 Å². The molecule has 5 rings (SSSR count). The van der Waals surface area contributed by atoms with E-state index in [0.29, 0.717) is 5.92 Å². The van der Waals surface area contributed by atoms with Gasteiger partial charge in [-0.05, 0) is 36.5 Å². The molecular formula is C19H16N2OS2. The van der Waals surface area contributed by atoms with E-state index in [9.17, 15) is 5.11 Å². The minimum Gasteiger partial charge on any atom is -0.381 e. The van der Waals surface area contributed by atoms with Crippen molar-refractivity contribution in [1.82, 2.24) is 9.38 Å². The highest BCUT2D eigenvalue weighted by molar-refractivity contribution is 7.17. The molecule has 1 N–H and O–H groups in total. The van der Waals surface area contributed by atoms with Crippen molar-refractivity contribution in [2.75, 3.05) is 0 Å². The SMILES string of the molecule is OC(c1ccc(-c2ccccc2)s1)c1c(C2CC2)sc2cncn12. The summed E-state index contributed by atoms with van der Waals surface area (Å²) in [5.41, 5.74) is 2.21. The van der Waals surface area contributed by atoms with E-state index in [0.717, 1.165) is 15.4 Å². The number of thiazole rings is 1. The Morgan fingerprint density at radius 1 is 1.08 bits per heavy atom. The highest BCUT2D eigenvalue weighted by Gasteiger charge is 2.33. The van der Waals surface area contributed by atoms with E-state index in [1.807, 2.05) is 30.7 Å². The van der Waals surface area contributed by atoms with Gasteiger partial charge < -0.3 is 5.11 Å². The largest absolute Gasteiger partial charge is 0.381 e. The number of fused-ring (bicyclic) bond motifs is 1. The van der Waals surface area contributed by atoms with Crippen molar-refractivity contribution in [2.24, 2.45) is 0 Å². The molecule has 1 fully saturated rings. The molecule has 1 saturated carbocycles. The lowest BCUT2D eigenvalue weighted by Crippen LogP contribution is -2.03. The molecule has 0 spiro atoms. The number of hydrogen-bond acceptors (Lipinski definition) is 4. The van der Waals surface area contributed by atoms with Gasteiger partial charge in [0.2, 0.25) is 0 Å². The number of benzene rings is 1. The molecule has 0 saturated heterocycles. The zero-order chi connectivity index (χ0) is 16.1. The van der Waals surface area contributed by atoms with Gasteiger partial charge in [0.15, 0.2) is 0 Å². The van der Waals surface area contributed by atoms with Crippen LogP contribution in [0.3, 0.4) is 0 Å². The second kappa shape index (κ2) is 5.55. The topological polar surface area (TPSA) is 37.5 Å². The summed E-state index contributed by atoms with van der Waals surface area (Å²) >= 11 is 3.44. The summed E-state index contributed by atoms with van der Waals surface area (Å²) in [5, 5.41) is 11.1. The average molecular weight is 352 g/mol. The summed E-state index contributed by atoms with van der Waals surface area (Å²) < 4.78 is 2.06. The first kappa shape index (κ1) is 14.4. The fraction of sp³-hybridized carbons (Fsp3) is 0.211. The first-order valence-electron chi connectivity index (χ1n) is 8.09. The van der Waals surface area contributed by atoms with E-state index in [1.165, 1.54) is 28.2 Å². The van der Waals surface area contributed by atoms with Crippen molar-refractivity contribution in [2.45, 2.75) is 24.9 Å². The van der Waals surface area contributed by atoms with Gasteiger partial charge in [-0.15, -0.1) is 22.7 Å². The highest BCUT2D eigenvalue weighted by atomic mass is 32.1. The van der Waals surface area contributed by atoms with Gasteiger partial charge >= 0.3 is 0 Å². The van der Waals surface area contributed by atoms with E-state index in [1.54, 1.807) is 22.7 Å². The molecular weight excluding hydrogens is 336 g/mol. The van der Waals surface area contributed by atoms with Crippen LogP contribution in [-0.4, -0.2) is 14.5 Å². The normalized spacial score (nSPS) is 15.9. The summed E-state index contributed by atoms with van der Waals surface area (Å²) in [5.74, 6) is 0.619. The molecule has 1 aliphatic rings. The average Bonchev–Trinajstić information content (AvgIpc) is 3.04. The third-order valence-corrected chi connectivity index (χ3v) is 6.95. The molecule has 120 valence electrons. The maximum absolute atomic E-state index is 11.1. The summed E-state index contributed by atoms with van der Waals surface area (Å²) in [4.78, 5) is 8.86. The van der Waals surface area contributed by atoms with Crippen LogP contribution in [0.1, 0.15) is 40.3 Å². The minimum absolute atomic E-state index is 0.592. The molecule has 0 aliphatic heterocycles. The number of rotatable bonds is 4. The molecule has 0 radical (unpaired) electrons. The van der Waals surface area contributed by atoms with E-state index in [2.05, 4.69) is 33.7 Å².